The van der Waals surface area contributed by atoms with Gasteiger partial charge in [-0.25, -0.2) is 4.98 Å². The maximum atomic E-state index is 13.3. The molecule has 1 fully saturated rings. The number of anilines is 1. The number of carbonyl (C=O) groups excluding carboxylic acids is 1. The molecule has 5 aromatic rings. The third kappa shape index (κ3) is 3.55. The minimum atomic E-state index is 0.110. The van der Waals surface area contributed by atoms with Gasteiger partial charge in [0.05, 0.1) is 15.9 Å². The number of imidazole rings is 1. The Hall–Kier alpha value is -3.64. The monoisotopic (exact) mass is 466 g/mol. The predicted octanol–water partition coefficient (Wildman–Crippen LogP) is 5.80. The van der Waals surface area contributed by atoms with E-state index in [1.807, 2.05) is 35.2 Å². The summed E-state index contributed by atoms with van der Waals surface area (Å²) in [6.45, 7) is 7.51. The van der Waals surface area contributed by atoms with E-state index in [9.17, 15) is 4.79 Å². The van der Waals surface area contributed by atoms with Gasteiger partial charge in [0.1, 0.15) is 0 Å². The zero-order valence-electron chi connectivity index (χ0n) is 19.4. The van der Waals surface area contributed by atoms with Crippen molar-refractivity contribution in [2.75, 3.05) is 31.1 Å². The molecule has 6 heteroatoms. The number of hydrogen-bond acceptors (Lipinski definition) is 4. The first-order valence-corrected chi connectivity index (χ1v) is 12.5. The number of aromatic nitrogens is 2. The van der Waals surface area contributed by atoms with Gasteiger partial charge in [0.15, 0.2) is 4.96 Å². The minimum absolute atomic E-state index is 0.110. The summed E-state index contributed by atoms with van der Waals surface area (Å²) in [5.74, 6) is 0.110. The first-order valence-electron chi connectivity index (χ1n) is 11.7. The predicted molar refractivity (Wildman–Crippen MR) is 140 cm³/mol. The molecule has 0 bridgehead atoms. The van der Waals surface area contributed by atoms with Gasteiger partial charge in [-0.1, -0.05) is 53.8 Å². The summed E-state index contributed by atoms with van der Waals surface area (Å²) in [6, 6.07) is 22.7. The third-order valence-electron chi connectivity index (χ3n) is 6.89. The van der Waals surface area contributed by atoms with E-state index in [-0.39, 0.29) is 5.91 Å². The Balaban J connectivity index is 1.21. The number of rotatable bonds is 3. The Morgan fingerprint density at radius 1 is 0.912 bits per heavy atom. The third-order valence-corrected chi connectivity index (χ3v) is 7.91. The molecule has 0 N–H and O–H groups in total. The maximum Gasteiger partial charge on any atom is 0.254 e. The average molecular weight is 467 g/mol. The molecule has 0 unspecified atom stereocenters. The zero-order chi connectivity index (χ0) is 23.2. The van der Waals surface area contributed by atoms with Gasteiger partial charge in [-0.2, -0.15) is 0 Å². The lowest BCUT2D eigenvalue weighted by Crippen LogP contribution is -2.49. The van der Waals surface area contributed by atoms with E-state index in [2.05, 4.69) is 65.7 Å². The molecule has 3 heterocycles. The highest BCUT2D eigenvalue weighted by molar-refractivity contribution is 7.23. The summed E-state index contributed by atoms with van der Waals surface area (Å²) in [4.78, 5) is 23.4. The number of piperazine rings is 1. The van der Waals surface area contributed by atoms with Crippen LogP contribution in [0.1, 0.15) is 21.5 Å². The van der Waals surface area contributed by atoms with Crippen molar-refractivity contribution in [3.05, 3.63) is 89.6 Å². The smallest absolute Gasteiger partial charge is 0.254 e. The molecule has 1 aliphatic rings. The lowest BCUT2D eigenvalue weighted by atomic mass is 10.1. The van der Waals surface area contributed by atoms with Crippen LogP contribution in [0, 0.1) is 13.8 Å². The minimum Gasteiger partial charge on any atom is -0.368 e. The first kappa shape index (κ1) is 20.9. The topological polar surface area (TPSA) is 40.8 Å². The molecule has 0 saturated carbocycles. The van der Waals surface area contributed by atoms with Gasteiger partial charge in [0.2, 0.25) is 0 Å². The van der Waals surface area contributed by atoms with Gasteiger partial charge < -0.3 is 9.80 Å². The van der Waals surface area contributed by atoms with E-state index in [1.54, 1.807) is 11.3 Å². The Kier molecular flexibility index (Phi) is 5.11. The largest absolute Gasteiger partial charge is 0.368 e. The molecule has 170 valence electrons. The van der Waals surface area contributed by atoms with Crippen LogP contribution in [-0.2, 0) is 0 Å². The number of nitrogens with zero attached hydrogens (tertiary/aromatic N) is 4. The summed E-state index contributed by atoms with van der Waals surface area (Å²) in [7, 11) is 0. The van der Waals surface area contributed by atoms with Gasteiger partial charge in [0, 0.05) is 49.2 Å². The lowest BCUT2D eigenvalue weighted by molar-refractivity contribution is 0.0747. The SMILES string of the molecule is Cc1cccc(N2CCN(C(=O)c3ccc4c(c3)sc3nc(-c5ccccc5)cn34)CC2)c1C. The summed E-state index contributed by atoms with van der Waals surface area (Å²) >= 11 is 1.63. The van der Waals surface area contributed by atoms with Crippen molar-refractivity contribution in [1.82, 2.24) is 14.3 Å². The van der Waals surface area contributed by atoms with Crippen LogP contribution in [0.4, 0.5) is 5.69 Å². The van der Waals surface area contributed by atoms with Crippen molar-refractivity contribution < 1.29 is 4.79 Å². The second-order valence-corrected chi connectivity index (χ2v) is 9.94. The molecular weight excluding hydrogens is 440 g/mol. The number of aryl methyl sites for hydroxylation is 1. The van der Waals surface area contributed by atoms with E-state index in [4.69, 9.17) is 4.98 Å². The van der Waals surface area contributed by atoms with Crippen LogP contribution in [0.15, 0.2) is 72.9 Å². The van der Waals surface area contributed by atoms with Crippen LogP contribution >= 0.6 is 11.3 Å². The van der Waals surface area contributed by atoms with Crippen molar-refractivity contribution in [3.8, 4) is 11.3 Å². The summed E-state index contributed by atoms with van der Waals surface area (Å²) in [6.07, 6.45) is 2.08. The highest BCUT2D eigenvalue weighted by Crippen LogP contribution is 2.31. The number of carbonyl (C=O) groups is 1. The number of fused-ring (bicyclic) bond motifs is 3. The maximum absolute atomic E-state index is 13.3. The Morgan fingerprint density at radius 3 is 2.50 bits per heavy atom. The van der Waals surface area contributed by atoms with Crippen molar-refractivity contribution in [3.63, 3.8) is 0 Å². The fourth-order valence-corrected chi connectivity index (χ4v) is 5.84. The highest BCUT2D eigenvalue weighted by Gasteiger charge is 2.24. The van der Waals surface area contributed by atoms with Crippen molar-refractivity contribution in [2.24, 2.45) is 0 Å². The summed E-state index contributed by atoms with van der Waals surface area (Å²) < 4.78 is 3.21. The molecule has 34 heavy (non-hydrogen) atoms. The highest BCUT2D eigenvalue weighted by atomic mass is 32.1. The van der Waals surface area contributed by atoms with Gasteiger partial charge in [-0.15, -0.1) is 0 Å². The van der Waals surface area contributed by atoms with E-state index in [0.717, 1.165) is 58.2 Å². The van der Waals surface area contributed by atoms with Crippen molar-refractivity contribution >= 4 is 38.1 Å². The van der Waals surface area contributed by atoms with Crippen LogP contribution in [0.5, 0.6) is 0 Å². The molecule has 5 nitrogen and oxygen atoms in total. The van der Waals surface area contributed by atoms with Gasteiger partial charge >= 0.3 is 0 Å². The van der Waals surface area contributed by atoms with Crippen molar-refractivity contribution in [1.29, 1.82) is 0 Å². The number of hydrogen-bond donors (Lipinski definition) is 0. The van der Waals surface area contributed by atoms with Crippen LogP contribution in [0.25, 0.3) is 26.4 Å². The lowest BCUT2D eigenvalue weighted by Gasteiger charge is -2.37. The van der Waals surface area contributed by atoms with Crippen LogP contribution in [0.2, 0.25) is 0 Å². The number of thiazole rings is 1. The Bertz CT molecular complexity index is 1510. The van der Waals surface area contributed by atoms with Gasteiger partial charge in [-0.3, -0.25) is 9.20 Å². The van der Waals surface area contributed by atoms with Crippen LogP contribution in [-0.4, -0.2) is 46.4 Å². The Morgan fingerprint density at radius 2 is 1.71 bits per heavy atom. The van der Waals surface area contributed by atoms with Crippen LogP contribution in [0.3, 0.4) is 0 Å². The second kappa shape index (κ2) is 8.29. The summed E-state index contributed by atoms with van der Waals surface area (Å²) in [5.41, 5.74) is 7.83. The molecule has 0 radical (unpaired) electrons. The molecular formula is C28H26N4OS. The average Bonchev–Trinajstić information content (AvgIpc) is 3.44. The molecule has 0 atom stereocenters. The molecule has 1 amide bonds. The number of amides is 1. The van der Waals surface area contributed by atoms with Gasteiger partial charge in [0.25, 0.3) is 5.91 Å². The standard InChI is InChI=1S/C28H26N4OS/c1-19-7-6-10-24(20(19)2)30-13-15-31(16-14-30)27(33)22-11-12-25-26(17-22)34-28-29-23(18-32(25)28)21-8-4-3-5-9-21/h3-12,17-18H,13-16H2,1-2H3. The Labute approximate surface area is 202 Å². The zero-order valence-corrected chi connectivity index (χ0v) is 20.2. The van der Waals surface area contributed by atoms with E-state index in [0.29, 0.717) is 0 Å². The quantitative estimate of drug-likeness (QED) is 0.338. The molecule has 6 rings (SSSR count). The number of benzene rings is 3. The van der Waals surface area contributed by atoms with E-state index >= 15 is 0 Å². The molecule has 0 aliphatic carbocycles. The molecule has 1 saturated heterocycles. The first-order chi connectivity index (χ1) is 16.6. The van der Waals surface area contributed by atoms with Crippen molar-refractivity contribution in [2.45, 2.75) is 13.8 Å². The normalized spacial score (nSPS) is 14.3. The molecule has 2 aromatic heterocycles. The summed E-state index contributed by atoms with van der Waals surface area (Å²) in [5, 5.41) is 0. The fraction of sp³-hybridized carbons (Fsp3) is 0.214. The second-order valence-electron chi connectivity index (χ2n) is 8.93. The van der Waals surface area contributed by atoms with E-state index in [1.165, 1.54) is 16.8 Å². The van der Waals surface area contributed by atoms with Gasteiger partial charge in [-0.05, 0) is 49.2 Å². The molecule has 3 aromatic carbocycles. The fourth-order valence-electron chi connectivity index (χ4n) is 4.79. The molecule has 0 spiro atoms. The van der Waals surface area contributed by atoms with Crippen LogP contribution < -0.4 is 4.90 Å². The molecule has 1 aliphatic heterocycles. The van der Waals surface area contributed by atoms with E-state index < -0.39 is 0 Å².